The summed E-state index contributed by atoms with van der Waals surface area (Å²) in [6.45, 7) is 0. The third-order valence-corrected chi connectivity index (χ3v) is 3.47. The van der Waals surface area contributed by atoms with Crippen LogP contribution in [0.2, 0.25) is 0 Å². The topological polar surface area (TPSA) is 33.4 Å². The molecule has 1 aliphatic rings. The Morgan fingerprint density at radius 2 is 1.94 bits per heavy atom. The first-order chi connectivity index (χ1) is 7.78. The van der Waals surface area contributed by atoms with Crippen molar-refractivity contribution in [3.8, 4) is 0 Å². The minimum atomic E-state index is -0.749. The van der Waals surface area contributed by atoms with Crippen LogP contribution in [0.15, 0.2) is 47.3 Å². The highest BCUT2D eigenvalue weighted by atomic mass is 16.3. The lowest BCUT2D eigenvalue weighted by atomic mass is 9.77. The van der Waals surface area contributed by atoms with E-state index in [1.807, 2.05) is 12.1 Å². The monoisotopic (exact) mass is 214 g/mol. The molecule has 1 aromatic heterocycles. The lowest BCUT2D eigenvalue weighted by molar-refractivity contribution is 0.0217. The summed E-state index contributed by atoms with van der Waals surface area (Å²) < 4.78 is 5.06. The van der Waals surface area contributed by atoms with Crippen LogP contribution in [0.5, 0.6) is 0 Å². The second-order valence-electron chi connectivity index (χ2n) is 4.49. The molecule has 0 saturated heterocycles. The number of hydrogen-bond acceptors (Lipinski definition) is 2. The van der Waals surface area contributed by atoms with Gasteiger partial charge in [-0.15, -0.1) is 0 Å². The standard InChI is InChI=1S/C14H14O2/c15-14(13-6-8-16-10-13)7-5-11-3-1-2-4-12(11)9-14/h1-4,6,8,10,15H,5,7,9H2. The zero-order valence-electron chi connectivity index (χ0n) is 9.02. The van der Waals surface area contributed by atoms with Gasteiger partial charge in [0, 0.05) is 12.0 Å². The minimum absolute atomic E-state index is 0.683. The Balaban J connectivity index is 1.98. The summed E-state index contributed by atoms with van der Waals surface area (Å²) in [5.74, 6) is 0. The molecule has 1 atom stereocenters. The molecule has 2 nitrogen and oxygen atoms in total. The van der Waals surface area contributed by atoms with Crippen LogP contribution in [0.4, 0.5) is 0 Å². The molecule has 1 N–H and O–H groups in total. The van der Waals surface area contributed by atoms with E-state index in [1.54, 1.807) is 12.5 Å². The van der Waals surface area contributed by atoms with Crippen LogP contribution in [-0.2, 0) is 18.4 Å². The lowest BCUT2D eigenvalue weighted by Crippen LogP contribution is -2.32. The summed E-state index contributed by atoms with van der Waals surface area (Å²) >= 11 is 0. The van der Waals surface area contributed by atoms with E-state index in [-0.39, 0.29) is 0 Å². The largest absolute Gasteiger partial charge is 0.472 e. The molecule has 3 rings (SSSR count). The van der Waals surface area contributed by atoms with Crippen molar-refractivity contribution in [1.29, 1.82) is 0 Å². The molecule has 0 bridgehead atoms. The third-order valence-electron chi connectivity index (χ3n) is 3.47. The van der Waals surface area contributed by atoms with Crippen molar-refractivity contribution in [3.63, 3.8) is 0 Å². The maximum atomic E-state index is 10.6. The molecule has 0 radical (unpaired) electrons. The fourth-order valence-corrected chi connectivity index (χ4v) is 2.49. The molecular weight excluding hydrogens is 200 g/mol. The van der Waals surface area contributed by atoms with Gasteiger partial charge in [0.2, 0.25) is 0 Å². The molecule has 2 heteroatoms. The summed E-state index contributed by atoms with van der Waals surface area (Å²) in [5, 5.41) is 10.6. The number of aryl methyl sites for hydroxylation is 1. The van der Waals surface area contributed by atoms with Crippen molar-refractivity contribution >= 4 is 0 Å². The Hall–Kier alpha value is -1.54. The molecule has 16 heavy (non-hydrogen) atoms. The van der Waals surface area contributed by atoms with E-state index in [0.717, 1.165) is 18.4 Å². The van der Waals surface area contributed by atoms with Crippen molar-refractivity contribution in [2.24, 2.45) is 0 Å². The zero-order valence-corrected chi connectivity index (χ0v) is 9.02. The van der Waals surface area contributed by atoms with Crippen LogP contribution in [0.1, 0.15) is 23.1 Å². The van der Waals surface area contributed by atoms with E-state index in [1.165, 1.54) is 11.1 Å². The second-order valence-corrected chi connectivity index (χ2v) is 4.49. The predicted molar refractivity (Wildman–Crippen MR) is 61.1 cm³/mol. The van der Waals surface area contributed by atoms with Crippen LogP contribution in [0.3, 0.4) is 0 Å². The van der Waals surface area contributed by atoms with E-state index in [4.69, 9.17) is 4.42 Å². The van der Waals surface area contributed by atoms with Crippen molar-refractivity contribution in [2.45, 2.75) is 24.9 Å². The van der Waals surface area contributed by atoms with Crippen molar-refractivity contribution < 1.29 is 9.52 Å². The Morgan fingerprint density at radius 3 is 2.69 bits per heavy atom. The molecule has 1 aromatic carbocycles. The highest BCUT2D eigenvalue weighted by Crippen LogP contribution is 2.36. The summed E-state index contributed by atoms with van der Waals surface area (Å²) in [6.07, 6.45) is 5.64. The highest BCUT2D eigenvalue weighted by molar-refractivity contribution is 5.34. The number of benzene rings is 1. The van der Waals surface area contributed by atoms with Gasteiger partial charge in [-0.05, 0) is 30.0 Å². The van der Waals surface area contributed by atoms with Gasteiger partial charge in [0.15, 0.2) is 0 Å². The SMILES string of the molecule is OC1(c2ccoc2)CCc2ccccc2C1. The number of furan rings is 1. The Morgan fingerprint density at radius 1 is 1.12 bits per heavy atom. The van der Waals surface area contributed by atoms with Gasteiger partial charge in [0.25, 0.3) is 0 Å². The third kappa shape index (κ3) is 1.46. The summed E-state index contributed by atoms with van der Waals surface area (Å²) in [6, 6.07) is 10.2. The lowest BCUT2D eigenvalue weighted by Gasteiger charge is -2.32. The van der Waals surface area contributed by atoms with Crippen molar-refractivity contribution in [2.75, 3.05) is 0 Å². The smallest absolute Gasteiger partial charge is 0.0970 e. The van der Waals surface area contributed by atoms with Gasteiger partial charge in [-0.2, -0.15) is 0 Å². The summed E-state index contributed by atoms with van der Waals surface area (Å²) in [7, 11) is 0. The van der Waals surface area contributed by atoms with E-state index in [0.29, 0.717) is 6.42 Å². The minimum Gasteiger partial charge on any atom is -0.472 e. The molecule has 1 heterocycles. The number of aliphatic hydroxyl groups is 1. The van der Waals surface area contributed by atoms with Crippen molar-refractivity contribution in [1.82, 2.24) is 0 Å². The molecule has 82 valence electrons. The molecule has 0 amide bonds. The molecule has 1 aliphatic carbocycles. The van der Waals surface area contributed by atoms with Gasteiger partial charge in [0.1, 0.15) is 0 Å². The van der Waals surface area contributed by atoms with Crippen molar-refractivity contribution in [3.05, 3.63) is 59.5 Å². The van der Waals surface area contributed by atoms with E-state index < -0.39 is 5.60 Å². The van der Waals surface area contributed by atoms with Crippen LogP contribution >= 0.6 is 0 Å². The molecule has 1 unspecified atom stereocenters. The first kappa shape index (κ1) is 9.67. The molecular formula is C14H14O2. The quantitative estimate of drug-likeness (QED) is 0.791. The molecule has 0 spiro atoms. The molecule has 2 aromatic rings. The number of rotatable bonds is 1. The average molecular weight is 214 g/mol. The van der Waals surface area contributed by atoms with Gasteiger partial charge in [-0.25, -0.2) is 0 Å². The van der Waals surface area contributed by atoms with Gasteiger partial charge >= 0.3 is 0 Å². The Bertz CT molecular complexity index is 487. The van der Waals surface area contributed by atoms with Gasteiger partial charge < -0.3 is 9.52 Å². The van der Waals surface area contributed by atoms with E-state index in [2.05, 4.69) is 18.2 Å². The highest BCUT2D eigenvalue weighted by Gasteiger charge is 2.34. The number of fused-ring (bicyclic) bond motifs is 1. The Kier molecular flexibility index (Phi) is 2.11. The predicted octanol–water partition coefficient (Wildman–Crippen LogP) is 2.66. The zero-order chi connectivity index (χ0) is 11.0. The average Bonchev–Trinajstić information content (AvgIpc) is 2.83. The van der Waals surface area contributed by atoms with Crippen LogP contribution in [-0.4, -0.2) is 5.11 Å². The molecule has 0 saturated carbocycles. The second kappa shape index (κ2) is 3.49. The normalized spacial score (nSPS) is 24.1. The van der Waals surface area contributed by atoms with Crippen LogP contribution in [0, 0.1) is 0 Å². The van der Waals surface area contributed by atoms with Gasteiger partial charge in [0.05, 0.1) is 18.1 Å². The first-order valence-electron chi connectivity index (χ1n) is 5.60. The van der Waals surface area contributed by atoms with E-state index in [9.17, 15) is 5.11 Å². The maximum Gasteiger partial charge on any atom is 0.0970 e. The first-order valence-corrected chi connectivity index (χ1v) is 5.60. The maximum absolute atomic E-state index is 10.6. The molecule has 0 fully saturated rings. The fraction of sp³-hybridized carbons (Fsp3) is 0.286. The number of hydrogen-bond donors (Lipinski definition) is 1. The fourth-order valence-electron chi connectivity index (χ4n) is 2.49. The summed E-state index contributed by atoms with van der Waals surface area (Å²) in [4.78, 5) is 0. The van der Waals surface area contributed by atoms with Gasteiger partial charge in [-0.1, -0.05) is 24.3 Å². The molecule has 0 aliphatic heterocycles. The van der Waals surface area contributed by atoms with E-state index >= 15 is 0 Å². The van der Waals surface area contributed by atoms with Crippen LogP contribution in [0.25, 0.3) is 0 Å². The summed E-state index contributed by atoms with van der Waals surface area (Å²) in [5.41, 5.74) is 2.75. The van der Waals surface area contributed by atoms with Crippen LogP contribution < -0.4 is 0 Å². The van der Waals surface area contributed by atoms with Gasteiger partial charge in [-0.3, -0.25) is 0 Å². The Labute approximate surface area is 94.5 Å².